The number of amides is 1. The van der Waals surface area contributed by atoms with Gasteiger partial charge in [-0.2, -0.15) is 4.31 Å². The van der Waals surface area contributed by atoms with Crippen molar-refractivity contribution in [2.24, 2.45) is 0 Å². The Labute approximate surface area is 156 Å². The van der Waals surface area contributed by atoms with Crippen molar-refractivity contribution >= 4 is 15.9 Å². The molecule has 2 heterocycles. The molecule has 0 saturated carbocycles. The molecule has 3 rings (SSSR count). The molecule has 0 bridgehead atoms. The van der Waals surface area contributed by atoms with E-state index in [1.807, 2.05) is 24.8 Å². The maximum absolute atomic E-state index is 12.8. The molecule has 0 unspecified atom stereocenters. The molecule has 2 aliphatic heterocycles. The fourth-order valence-corrected chi connectivity index (χ4v) is 5.13. The van der Waals surface area contributed by atoms with Crippen molar-refractivity contribution < 1.29 is 13.2 Å². The highest BCUT2D eigenvalue weighted by Crippen LogP contribution is 2.20. The molecule has 2 fully saturated rings. The van der Waals surface area contributed by atoms with Crippen molar-refractivity contribution in [3.05, 3.63) is 29.3 Å². The molecule has 26 heavy (non-hydrogen) atoms. The zero-order chi connectivity index (χ0) is 18.7. The average Bonchev–Trinajstić information content (AvgIpc) is 3.15. The number of rotatable bonds is 5. The highest BCUT2D eigenvalue weighted by molar-refractivity contribution is 7.89. The predicted molar refractivity (Wildman–Crippen MR) is 102 cm³/mol. The van der Waals surface area contributed by atoms with Crippen LogP contribution >= 0.6 is 0 Å². The number of benzene rings is 1. The maximum atomic E-state index is 12.8. The van der Waals surface area contributed by atoms with Gasteiger partial charge in [-0.15, -0.1) is 0 Å². The Balaban J connectivity index is 1.55. The van der Waals surface area contributed by atoms with E-state index in [-0.39, 0.29) is 5.91 Å². The van der Waals surface area contributed by atoms with Gasteiger partial charge in [0.1, 0.15) is 0 Å². The molecule has 7 heteroatoms. The summed E-state index contributed by atoms with van der Waals surface area (Å²) in [5.74, 6) is 0.139. The van der Waals surface area contributed by atoms with E-state index < -0.39 is 10.0 Å². The standard InChI is InChI=1S/C19H29N3O3S/c1-16-5-6-18(15-17(16)2)26(24,25)22-13-11-21(12-14-22)19(23)7-10-20-8-3-4-9-20/h5-6,15H,3-4,7-14H2,1-2H3. The van der Waals surface area contributed by atoms with E-state index in [4.69, 9.17) is 0 Å². The summed E-state index contributed by atoms with van der Waals surface area (Å²) in [6.45, 7) is 8.58. The van der Waals surface area contributed by atoms with E-state index in [1.165, 1.54) is 17.1 Å². The normalized spacial score (nSPS) is 19.8. The predicted octanol–water partition coefficient (Wildman–Crippen LogP) is 1.62. The SMILES string of the molecule is Cc1ccc(S(=O)(=O)N2CCN(C(=O)CCN3CCCC3)CC2)cc1C. The number of sulfonamides is 1. The molecule has 2 saturated heterocycles. The van der Waals surface area contributed by atoms with Crippen molar-refractivity contribution in [2.45, 2.75) is 38.0 Å². The molecule has 0 radical (unpaired) electrons. The first-order valence-corrected chi connectivity index (χ1v) is 10.9. The molecular formula is C19H29N3O3S. The second-order valence-electron chi connectivity index (χ2n) is 7.33. The number of aryl methyl sites for hydroxylation is 2. The first kappa shape index (κ1) is 19.3. The Hall–Kier alpha value is -1.44. The third-order valence-corrected chi connectivity index (χ3v) is 7.44. The Morgan fingerprint density at radius 1 is 0.962 bits per heavy atom. The third-order valence-electron chi connectivity index (χ3n) is 5.55. The van der Waals surface area contributed by atoms with Crippen LogP contribution in [0, 0.1) is 13.8 Å². The van der Waals surface area contributed by atoms with Gasteiger partial charge in [-0.3, -0.25) is 4.79 Å². The molecule has 0 N–H and O–H groups in total. The molecular weight excluding hydrogens is 350 g/mol. The van der Waals surface area contributed by atoms with Gasteiger partial charge in [0.05, 0.1) is 4.90 Å². The Kier molecular flexibility index (Phi) is 5.99. The zero-order valence-electron chi connectivity index (χ0n) is 15.8. The van der Waals surface area contributed by atoms with Gasteiger partial charge in [-0.25, -0.2) is 8.42 Å². The van der Waals surface area contributed by atoms with Gasteiger partial charge in [0.25, 0.3) is 0 Å². The summed E-state index contributed by atoms with van der Waals surface area (Å²) in [7, 11) is -3.49. The van der Waals surface area contributed by atoms with Crippen LogP contribution in [0.5, 0.6) is 0 Å². The summed E-state index contributed by atoms with van der Waals surface area (Å²) in [6, 6.07) is 5.25. The van der Waals surface area contributed by atoms with E-state index >= 15 is 0 Å². The van der Waals surface area contributed by atoms with Gasteiger partial charge in [0, 0.05) is 39.1 Å². The van der Waals surface area contributed by atoms with Crippen molar-refractivity contribution in [3.63, 3.8) is 0 Å². The minimum Gasteiger partial charge on any atom is -0.340 e. The van der Waals surface area contributed by atoms with E-state index in [0.29, 0.717) is 37.5 Å². The van der Waals surface area contributed by atoms with Crippen LogP contribution in [-0.2, 0) is 14.8 Å². The fourth-order valence-electron chi connectivity index (χ4n) is 3.62. The first-order valence-electron chi connectivity index (χ1n) is 9.45. The number of hydrogen-bond donors (Lipinski definition) is 0. The molecule has 0 spiro atoms. The van der Waals surface area contributed by atoms with Crippen LogP contribution in [0.3, 0.4) is 0 Å². The van der Waals surface area contributed by atoms with Crippen LogP contribution in [0.4, 0.5) is 0 Å². The van der Waals surface area contributed by atoms with E-state index in [9.17, 15) is 13.2 Å². The van der Waals surface area contributed by atoms with Gasteiger partial charge in [-0.05, 0) is 63.0 Å². The minimum atomic E-state index is -3.49. The molecule has 2 aliphatic rings. The molecule has 6 nitrogen and oxygen atoms in total. The summed E-state index contributed by atoms with van der Waals surface area (Å²) in [6.07, 6.45) is 2.98. The summed E-state index contributed by atoms with van der Waals surface area (Å²) in [5.41, 5.74) is 2.05. The van der Waals surface area contributed by atoms with E-state index in [2.05, 4.69) is 4.90 Å². The third kappa shape index (κ3) is 4.27. The zero-order valence-corrected chi connectivity index (χ0v) is 16.6. The van der Waals surface area contributed by atoms with Gasteiger partial charge >= 0.3 is 0 Å². The lowest BCUT2D eigenvalue weighted by Crippen LogP contribution is -2.50. The molecule has 0 aliphatic carbocycles. The second-order valence-corrected chi connectivity index (χ2v) is 9.27. The number of carbonyl (C=O) groups excluding carboxylic acids is 1. The summed E-state index contributed by atoms with van der Waals surface area (Å²) in [5, 5.41) is 0. The Morgan fingerprint density at radius 3 is 2.23 bits per heavy atom. The average molecular weight is 380 g/mol. The molecule has 1 amide bonds. The van der Waals surface area contributed by atoms with Crippen molar-refractivity contribution in [3.8, 4) is 0 Å². The van der Waals surface area contributed by atoms with Gasteiger partial charge in [0.2, 0.25) is 15.9 Å². The molecule has 144 valence electrons. The summed E-state index contributed by atoms with van der Waals surface area (Å²) < 4.78 is 27.2. The fraction of sp³-hybridized carbons (Fsp3) is 0.632. The van der Waals surface area contributed by atoms with E-state index in [0.717, 1.165) is 30.8 Å². The highest BCUT2D eigenvalue weighted by atomic mass is 32.2. The number of carbonyl (C=O) groups is 1. The number of nitrogens with zero attached hydrogens (tertiary/aromatic N) is 3. The molecule has 1 aromatic rings. The van der Waals surface area contributed by atoms with Crippen LogP contribution in [0.1, 0.15) is 30.4 Å². The monoisotopic (exact) mass is 379 g/mol. The Morgan fingerprint density at radius 2 is 1.62 bits per heavy atom. The first-order chi connectivity index (χ1) is 12.4. The van der Waals surface area contributed by atoms with Crippen LogP contribution in [0.2, 0.25) is 0 Å². The minimum absolute atomic E-state index is 0.139. The largest absolute Gasteiger partial charge is 0.340 e. The number of piperazine rings is 1. The van der Waals surface area contributed by atoms with Gasteiger partial charge < -0.3 is 9.80 Å². The Bertz CT molecular complexity index is 749. The second kappa shape index (κ2) is 8.06. The number of likely N-dealkylation sites (tertiary alicyclic amines) is 1. The lowest BCUT2D eigenvalue weighted by molar-refractivity contribution is -0.132. The van der Waals surface area contributed by atoms with Crippen LogP contribution in [0.25, 0.3) is 0 Å². The molecule has 0 aromatic heterocycles. The maximum Gasteiger partial charge on any atom is 0.243 e. The van der Waals surface area contributed by atoms with Crippen LogP contribution < -0.4 is 0 Å². The van der Waals surface area contributed by atoms with Crippen molar-refractivity contribution in [2.75, 3.05) is 45.8 Å². The summed E-state index contributed by atoms with van der Waals surface area (Å²) >= 11 is 0. The van der Waals surface area contributed by atoms with Crippen LogP contribution in [-0.4, -0.2) is 74.2 Å². The van der Waals surface area contributed by atoms with Crippen molar-refractivity contribution in [1.29, 1.82) is 0 Å². The van der Waals surface area contributed by atoms with Crippen LogP contribution in [0.15, 0.2) is 23.1 Å². The highest BCUT2D eigenvalue weighted by Gasteiger charge is 2.30. The topological polar surface area (TPSA) is 60.9 Å². The number of hydrogen-bond acceptors (Lipinski definition) is 4. The van der Waals surface area contributed by atoms with Gasteiger partial charge in [0.15, 0.2) is 0 Å². The smallest absolute Gasteiger partial charge is 0.243 e. The van der Waals surface area contributed by atoms with Crippen molar-refractivity contribution in [1.82, 2.24) is 14.1 Å². The quantitative estimate of drug-likeness (QED) is 0.780. The lowest BCUT2D eigenvalue weighted by atomic mass is 10.1. The molecule has 0 atom stereocenters. The lowest BCUT2D eigenvalue weighted by Gasteiger charge is -2.34. The van der Waals surface area contributed by atoms with Gasteiger partial charge in [-0.1, -0.05) is 6.07 Å². The molecule has 1 aromatic carbocycles. The van der Waals surface area contributed by atoms with E-state index in [1.54, 1.807) is 12.1 Å². The summed E-state index contributed by atoms with van der Waals surface area (Å²) in [4.78, 5) is 16.9.